The summed E-state index contributed by atoms with van der Waals surface area (Å²) in [5.74, 6) is -0.685. The van der Waals surface area contributed by atoms with Crippen LogP contribution in [0.25, 0.3) is 0 Å². The Morgan fingerprint density at radius 2 is 2.45 bits per heavy atom. The van der Waals surface area contributed by atoms with Crippen molar-refractivity contribution >= 4 is 5.97 Å². The smallest absolute Gasteiger partial charge is 0.302 e. The van der Waals surface area contributed by atoms with Crippen molar-refractivity contribution in [3.8, 4) is 0 Å². The number of esters is 1. The summed E-state index contributed by atoms with van der Waals surface area (Å²) in [7, 11) is 0. The summed E-state index contributed by atoms with van der Waals surface area (Å²) in [4.78, 5) is 10.6. The van der Waals surface area contributed by atoms with Crippen LogP contribution in [0.5, 0.6) is 0 Å². The molecule has 0 amide bonds. The molecule has 0 radical (unpaired) electrons. The molecule has 0 aliphatic heterocycles. The Balaban J connectivity index is 4.43. The lowest BCUT2D eigenvalue weighted by Crippen LogP contribution is -2.11. The number of hydrogen-bond acceptors (Lipinski definition) is 3. The van der Waals surface area contributed by atoms with Crippen LogP contribution in [0.2, 0.25) is 0 Å². The summed E-state index contributed by atoms with van der Waals surface area (Å²) in [5.41, 5.74) is 0. The Bertz CT molecular complexity index is 204. The number of aliphatic hydroxyl groups excluding tert-OH is 1. The molecule has 0 aromatic heterocycles. The molecule has 66 valence electrons. The Morgan fingerprint density at radius 3 is 2.91 bits per heavy atom. The van der Waals surface area contributed by atoms with Gasteiger partial charge in [-0.05, 0) is 26.1 Å². The Hall–Kier alpha value is -0.570. The van der Waals surface area contributed by atoms with E-state index in [9.17, 15) is 4.79 Å². The highest BCUT2D eigenvalue weighted by molar-refractivity contribution is 5.66. The molecular formula is C8H16O3. The monoisotopic (exact) mass is 163 g/mol. The zero-order valence-electron chi connectivity index (χ0n) is 9.89. The molecule has 11 heavy (non-hydrogen) atoms. The van der Waals surface area contributed by atoms with E-state index in [4.69, 9.17) is 9.22 Å². The molecule has 0 saturated carbocycles. The average molecular weight is 163 g/mol. The summed E-state index contributed by atoms with van der Waals surface area (Å²) in [6, 6.07) is 0. The zero-order chi connectivity index (χ0) is 11.4. The molecule has 3 nitrogen and oxygen atoms in total. The van der Waals surface area contributed by atoms with E-state index in [1.807, 2.05) is 0 Å². The molecule has 0 rings (SSSR count). The van der Waals surface area contributed by atoms with Gasteiger partial charge in [0.25, 0.3) is 0 Å². The molecule has 0 aromatic rings. The van der Waals surface area contributed by atoms with E-state index >= 15 is 0 Å². The summed E-state index contributed by atoms with van der Waals surface area (Å²) < 4.78 is 27.1. The topological polar surface area (TPSA) is 46.5 Å². The normalized spacial score (nSPS) is 20.8. The minimum Gasteiger partial charge on any atom is -0.463 e. The number of rotatable bonds is 5. The fourth-order valence-electron chi connectivity index (χ4n) is 0.595. The van der Waals surface area contributed by atoms with Crippen LogP contribution in [0.3, 0.4) is 0 Å². The molecule has 1 N–H and O–H groups in total. The maximum Gasteiger partial charge on any atom is 0.302 e. The van der Waals surface area contributed by atoms with Gasteiger partial charge in [-0.1, -0.05) is 0 Å². The fourth-order valence-corrected chi connectivity index (χ4v) is 0.595. The summed E-state index contributed by atoms with van der Waals surface area (Å²) in [6.45, 7) is 2.19. The molecule has 0 bridgehead atoms. The second-order valence-electron chi connectivity index (χ2n) is 2.15. The fraction of sp³-hybridized carbons (Fsp3) is 0.875. The molecule has 3 heteroatoms. The number of ether oxygens (including phenoxy) is 1. The first-order valence-corrected chi connectivity index (χ1v) is 3.53. The second kappa shape index (κ2) is 6.16. The van der Waals surface area contributed by atoms with E-state index in [-0.39, 0.29) is 19.4 Å². The van der Waals surface area contributed by atoms with E-state index in [1.165, 1.54) is 6.92 Å². The third kappa shape index (κ3) is 7.33. The van der Waals surface area contributed by atoms with Crippen molar-refractivity contribution in [1.29, 1.82) is 0 Å². The van der Waals surface area contributed by atoms with E-state index in [0.717, 1.165) is 6.92 Å². The maximum atomic E-state index is 10.6. The zero-order valence-corrected chi connectivity index (χ0v) is 6.89. The molecule has 0 aromatic carbocycles. The predicted octanol–water partition coefficient (Wildman–Crippen LogP) is 1.10. The molecule has 0 fully saturated rings. The van der Waals surface area contributed by atoms with Gasteiger partial charge in [-0.15, -0.1) is 0 Å². The van der Waals surface area contributed by atoms with Gasteiger partial charge in [0.1, 0.15) is 0 Å². The predicted molar refractivity (Wildman–Crippen MR) is 42.2 cm³/mol. The van der Waals surface area contributed by atoms with Gasteiger partial charge >= 0.3 is 5.97 Å². The summed E-state index contributed by atoms with van der Waals surface area (Å²) >= 11 is 0. The van der Waals surface area contributed by atoms with Crippen molar-refractivity contribution in [3.05, 3.63) is 0 Å². The average Bonchev–Trinajstić information content (AvgIpc) is 1.98. The first-order valence-electron chi connectivity index (χ1n) is 5.03. The van der Waals surface area contributed by atoms with Gasteiger partial charge in [0.05, 0.1) is 7.45 Å². The Kier molecular flexibility index (Phi) is 3.36. The van der Waals surface area contributed by atoms with Crippen LogP contribution in [-0.2, 0) is 9.53 Å². The first-order chi connectivity index (χ1) is 6.23. The van der Waals surface area contributed by atoms with E-state index in [2.05, 4.69) is 4.74 Å². The van der Waals surface area contributed by atoms with Crippen molar-refractivity contribution in [2.45, 2.75) is 39.1 Å². The van der Waals surface area contributed by atoms with Gasteiger partial charge in [0.2, 0.25) is 0 Å². The summed E-state index contributed by atoms with van der Waals surface area (Å²) in [6.07, 6.45) is -3.64. The van der Waals surface area contributed by atoms with Crippen molar-refractivity contribution in [2.75, 3.05) is 6.61 Å². The van der Waals surface area contributed by atoms with Crippen LogP contribution in [0, 0.1) is 0 Å². The highest BCUT2D eigenvalue weighted by Gasteiger charge is 2.03. The molecular weight excluding hydrogens is 144 g/mol. The molecule has 1 atom stereocenters. The minimum atomic E-state index is -1.96. The SMILES string of the molecule is [2H]C([2H])(CCCO)[C@@]([2H])(C)OC(C)=O. The first kappa shape index (κ1) is 6.00. The lowest BCUT2D eigenvalue weighted by molar-refractivity contribution is -0.145. The van der Waals surface area contributed by atoms with Gasteiger partial charge in [0.15, 0.2) is 0 Å². The van der Waals surface area contributed by atoms with Gasteiger partial charge in [0, 0.05) is 16.3 Å². The summed E-state index contributed by atoms with van der Waals surface area (Å²) in [5, 5.41) is 8.54. The lowest BCUT2D eigenvalue weighted by Gasteiger charge is -2.10. The van der Waals surface area contributed by atoms with E-state index in [0.29, 0.717) is 0 Å². The van der Waals surface area contributed by atoms with Crippen LogP contribution in [0.4, 0.5) is 0 Å². The standard InChI is InChI=1S/C8H16O3/c1-7(11-8(2)10)5-3-4-6-9/h7,9H,3-6H2,1-2H3/t7-/m1/s1/i5D2,7D. The van der Waals surface area contributed by atoms with Crippen molar-refractivity contribution in [1.82, 2.24) is 0 Å². The Morgan fingerprint density at radius 1 is 1.82 bits per heavy atom. The van der Waals surface area contributed by atoms with Crippen molar-refractivity contribution in [3.63, 3.8) is 0 Å². The van der Waals surface area contributed by atoms with Gasteiger partial charge in [-0.25, -0.2) is 0 Å². The highest BCUT2D eigenvalue weighted by atomic mass is 16.5. The molecule has 0 saturated heterocycles. The molecule has 0 aliphatic carbocycles. The Labute approximate surface area is 71.6 Å². The number of aliphatic hydroxyl groups is 1. The second-order valence-corrected chi connectivity index (χ2v) is 2.15. The molecule has 0 heterocycles. The van der Waals surface area contributed by atoms with Crippen molar-refractivity contribution in [2.24, 2.45) is 0 Å². The third-order valence-corrected chi connectivity index (χ3v) is 1.01. The number of carbonyl (C=O) groups is 1. The van der Waals surface area contributed by atoms with Crippen LogP contribution < -0.4 is 0 Å². The van der Waals surface area contributed by atoms with Gasteiger partial charge in [-0.2, -0.15) is 0 Å². The lowest BCUT2D eigenvalue weighted by atomic mass is 10.2. The maximum absolute atomic E-state index is 10.6. The molecule has 0 unspecified atom stereocenters. The highest BCUT2D eigenvalue weighted by Crippen LogP contribution is 2.03. The van der Waals surface area contributed by atoms with Gasteiger partial charge < -0.3 is 9.84 Å². The molecule has 0 aliphatic rings. The van der Waals surface area contributed by atoms with E-state index in [1.54, 1.807) is 0 Å². The van der Waals surface area contributed by atoms with Crippen LogP contribution in [-0.4, -0.2) is 23.8 Å². The van der Waals surface area contributed by atoms with E-state index < -0.39 is 18.4 Å². The van der Waals surface area contributed by atoms with Gasteiger partial charge in [-0.3, -0.25) is 4.79 Å². The van der Waals surface area contributed by atoms with Crippen LogP contribution in [0.1, 0.15) is 37.2 Å². The molecule has 0 spiro atoms. The minimum absolute atomic E-state index is 0.0171. The van der Waals surface area contributed by atoms with Crippen molar-refractivity contribution < 1.29 is 18.8 Å². The number of hydrogen-bond donors (Lipinski definition) is 1. The van der Waals surface area contributed by atoms with Crippen LogP contribution in [0.15, 0.2) is 0 Å². The quantitative estimate of drug-likeness (QED) is 0.617. The number of carbonyl (C=O) groups excluding carboxylic acids is 1. The third-order valence-electron chi connectivity index (χ3n) is 1.01. The largest absolute Gasteiger partial charge is 0.463 e. The van der Waals surface area contributed by atoms with Crippen LogP contribution >= 0.6 is 0 Å².